The molecular weight excluding hydrogens is 257 g/mol. The Kier molecular flexibility index (Phi) is 4.31. The minimum Gasteiger partial charge on any atom is -0.393 e. The van der Waals surface area contributed by atoms with Gasteiger partial charge in [-0.3, -0.25) is 0 Å². The van der Waals surface area contributed by atoms with Crippen LogP contribution in [0.3, 0.4) is 0 Å². The summed E-state index contributed by atoms with van der Waals surface area (Å²) in [5, 5.41) is 11.4. The summed E-state index contributed by atoms with van der Waals surface area (Å²) in [6.45, 7) is 1.84. The Morgan fingerprint density at radius 1 is 1.35 bits per heavy atom. The number of likely N-dealkylation sites (tertiary alicyclic amines) is 1. The fraction of sp³-hybridized carbons (Fsp3) is 0.538. The lowest BCUT2D eigenvalue weighted by Gasteiger charge is -2.34. The van der Waals surface area contributed by atoms with Gasteiger partial charge in [0.2, 0.25) is 0 Å². The molecule has 1 heterocycles. The Labute approximate surface area is 112 Å². The van der Waals surface area contributed by atoms with E-state index < -0.39 is 0 Å². The first-order chi connectivity index (χ1) is 8.08. The van der Waals surface area contributed by atoms with Gasteiger partial charge in [0.1, 0.15) is 0 Å². The number of piperidine rings is 1. The van der Waals surface area contributed by atoms with E-state index in [4.69, 9.17) is 23.2 Å². The predicted molar refractivity (Wildman–Crippen MR) is 71.8 cm³/mol. The zero-order chi connectivity index (χ0) is 12.4. The number of benzene rings is 1. The fourth-order valence-electron chi connectivity index (χ4n) is 2.39. The van der Waals surface area contributed by atoms with Gasteiger partial charge in [-0.1, -0.05) is 29.3 Å². The van der Waals surface area contributed by atoms with Crippen molar-refractivity contribution in [1.82, 2.24) is 4.90 Å². The van der Waals surface area contributed by atoms with Crippen molar-refractivity contribution in [2.24, 2.45) is 5.92 Å². The van der Waals surface area contributed by atoms with Crippen molar-refractivity contribution in [3.8, 4) is 0 Å². The molecule has 2 unspecified atom stereocenters. The van der Waals surface area contributed by atoms with E-state index in [1.54, 1.807) is 0 Å². The standard InChI is InChI=1S/C13H17Cl2NO/c1-16-6-5-13(17)9(8-16)7-10-11(14)3-2-4-12(10)15/h2-4,9,13,17H,5-8H2,1H3. The van der Waals surface area contributed by atoms with Crippen LogP contribution in [0.15, 0.2) is 18.2 Å². The van der Waals surface area contributed by atoms with E-state index in [2.05, 4.69) is 11.9 Å². The third-order valence-corrected chi connectivity index (χ3v) is 4.13. The molecule has 0 spiro atoms. The molecule has 0 radical (unpaired) electrons. The zero-order valence-electron chi connectivity index (χ0n) is 9.87. The van der Waals surface area contributed by atoms with Crippen LogP contribution in [0.4, 0.5) is 0 Å². The van der Waals surface area contributed by atoms with Gasteiger partial charge in [-0.25, -0.2) is 0 Å². The molecule has 0 amide bonds. The molecule has 2 rings (SSSR count). The van der Waals surface area contributed by atoms with Gasteiger partial charge in [-0.15, -0.1) is 0 Å². The molecule has 0 aliphatic carbocycles. The highest BCUT2D eigenvalue weighted by molar-refractivity contribution is 6.35. The van der Waals surface area contributed by atoms with Crippen molar-refractivity contribution in [2.45, 2.75) is 18.9 Å². The highest BCUT2D eigenvalue weighted by Crippen LogP contribution is 2.29. The van der Waals surface area contributed by atoms with Crippen molar-refractivity contribution in [3.05, 3.63) is 33.8 Å². The molecular formula is C13H17Cl2NO. The van der Waals surface area contributed by atoms with Crippen LogP contribution >= 0.6 is 23.2 Å². The minimum atomic E-state index is -0.251. The minimum absolute atomic E-state index is 0.214. The van der Waals surface area contributed by atoms with Crippen molar-refractivity contribution >= 4 is 23.2 Å². The van der Waals surface area contributed by atoms with Gasteiger partial charge >= 0.3 is 0 Å². The van der Waals surface area contributed by atoms with Crippen molar-refractivity contribution in [3.63, 3.8) is 0 Å². The van der Waals surface area contributed by atoms with Gasteiger partial charge < -0.3 is 10.0 Å². The van der Waals surface area contributed by atoms with Gasteiger partial charge in [0.15, 0.2) is 0 Å². The molecule has 0 bridgehead atoms. The molecule has 1 aliphatic heterocycles. The normalized spacial score (nSPS) is 26.1. The van der Waals surface area contributed by atoms with Gasteiger partial charge in [-0.2, -0.15) is 0 Å². The maximum Gasteiger partial charge on any atom is 0.0596 e. The molecule has 0 saturated carbocycles. The van der Waals surface area contributed by atoms with Crippen LogP contribution in [0.2, 0.25) is 10.0 Å². The number of halogens is 2. The summed E-state index contributed by atoms with van der Waals surface area (Å²) in [4.78, 5) is 2.24. The molecule has 2 nitrogen and oxygen atoms in total. The van der Waals surface area contributed by atoms with E-state index >= 15 is 0 Å². The average molecular weight is 274 g/mol. The third kappa shape index (κ3) is 3.14. The molecule has 2 atom stereocenters. The van der Waals surface area contributed by atoms with E-state index in [0.29, 0.717) is 10.0 Å². The molecule has 17 heavy (non-hydrogen) atoms. The lowest BCUT2D eigenvalue weighted by Crippen LogP contribution is -2.42. The van der Waals surface area contributed by atoms with Crippen LogP contribution in [0.5, 0.6) is 0 Å². The Hall–Kier alpha value is -0.280. The van der Waals surface area contributed by atoms with Crippen molar-refractivity contribution in [1.29, 1.82) is 0 Å². The summed E-state index contributed by atoms with van der Waals surface area (Å²) in [7, 11) is 2.08. The van der Waals surface area contributed by atoms with Crippen LogP contribution in [0.1, 0.15) is 12.0 Å². The summed E-state index contributed by atoms with van der Waals surface area (Å²) in [6.07, 6.45) is 1.31. The summed E-state index contributed by atoms with van der Waals surface area (Å²) in [6, 6.07) is 5.54. The first-order valence-corrected chi connectivity index (χ1v) is 6.63. The predicted octanol–water partition coefficient (Wildman–Crippen LogP) is 2.85. The lowest BCUT2D eigenvalue weighted by atomic mass is 9.89. The van der Waals surface area contributed by atoms with Gasteiger partial charge in [0, 0.05) is 29.1 Å². The van der Waals surface area contributed by atoms with Gasteiger partial charge in [0.05, 0.1) is 6.10 Å². The van der Waals surface area contributed by atoms with Crippen LogP contribution in [-0.4, -0.2) is 36.2 Å². The van der Waals surface area contributed by atoms with Gasteiger partial charge in [0.25, 0.3) is 0 Å². The van der Waals surface area contributed by atoms with Crippen molar-refractivity contribution in [2.75, 3.05) is 20.1 Å². The topological polar surface area (TPSA) is 23.5 Å². The molecule has 1 aromatic carbocycles. The largest absolute Gasteiger partial charge is 0.393 e. The molecule has 1 aromatic rings. The molecule has 1 fully saturated rings. The van der Waals surface area contributed by atoms with Crippen LogP contribution in [0.25, 0.3) is 0 Å². The summed E-state index contributed by atoms with van der Waals surface area (Å²) < 4.78 is 0. The van der Waals surface area contributed by atoms with Crippen molar-refractivity contribution < 1.29 is 5.11 Å². The van der Waals surface area contributed by atoms with Gasteiger partial charge in [-0.05, 0) is 37.6 Å². The average Bonchev–Trinajstić information content (AvgIpc) is 2.28. The van der Waals surface area contributed by atoms with Crippen LogP contribution < -0.4 is 0 Å². The number of hydrogen-bond donors (Lipinski definition) is 1. The second-order valence-corrected chi connectivity index (χ2v) is 5.60. The van der Waals surface area contributed by atoms with E-state index in [9.17, 15) is 5.11 Å². The summed E-state index contributed by atoms with van der Waals surface area (Å²) >= 11 is 12.3. The number of hydrogen-bond acceptors (Lipinski definition) is 2. The quantitative estimate of drug-likeness (QED) is 0.896. The first kappa shape index (κ1) is 13.2. The smallest absolute Gasteiger partial charge is 0.0596 e. The monoisotopic (exact) mass is 273 g/mol. The molecule has 1 N–H and O–H groups in total. The number of aliphatic hydroxyl groups is 1. The number of rotatable bonds is 2. The Morgan fingerprint density at radius 3 is 2.65 bits per heavy atom. The first-order valence-electron chi connectivity index (χ1n) is 5.87. The van der Waals surface area contributed by atoms with E-state index in [0.717, 1.165) is 31.5 Å². The molecule has 4 heteroatoms. The van der Waals surface area contributed by atoms with Crippen LogP contribution in [0, 0.1) is 5.92 Å². The lowest BCUT2D eigenvalue weighted by molar-refractivity contribution is 0.0366. The Balaban J connectivity index is 2.14. The second-order valence-electron chi connectivity index (χ2n) is 4.78. The highest BCUT2D eigenvalue weighted by Gasteiger charge is 2.27. The van der Waals surface area contributed by atoms with E-state index in [-0.39, 0.29) is 12.0 Å². The summed E-state index contributed by atoms with van der Waals surface area (Å²) in [5.74, 6) is 0.214. The van der Waals surface area contributed by atoms with E-state index in [1.807, 2.05) is 18.2 Å². The number of aliphatic hydroxyl groups excluding tert-OH is 1. The van der Waals surface area contributed by atoms with E-state index in [1.165, 1.54) is 0 Å². The third-order valence-electron chi connectivity index (χ3n) is 3.42. The maximum atomic E-state index is 10.0. The molecule has 1 aliphatic rings. The Bertz CT molecular complexity index is 377. The zero-order valence-corrected chi connectivity index (χ0v) is 11.4. The highest BCUT2D eigenvalue weighted by atomic mass is 35.5. The molecule has 94 valence electrons. The second kappa shape index (κ2) is 5.57. The Morgan fingerprint density at radius 2 is 2.00 bits per heavy atom. The molecule has 1 saturated heterocycles. The van der Waals surface area contributed by atoms with Crippen LogP contribution in [-0.2, 0) is 6.42 Å². The maximum absolute atomic E-state index is 10.0. The summed E-state index contributed by atoms with van der Waals surface area (Å²) in [5.41, 5.74) is 0.954. The number of nitrogens with zero attached hydrogens (tertiary/aromatic N) is 1. The SMILES string of the molecule is CN1CCC(O)C(Cc2c(Cl)cccc2Cl)C1. The molecule has 0 aromatic heterocycles. The fourth-order valence-corrected chi connectivity index (χ4v) is 2.94.